The first kappa shape index (κ1) is 14.8. The molecule has 2 atom stereocenters. The highest BCUT2D eigenvalue weighted by atomic mass is 16.5. The van der Waals surface area contributed by atoms with Crippen LogP contribution in [0.15, 0.2) is 24.3 Å². The quantitative estimate of drug-likeness (QED) is 0.803. The molecular formula is C15H25NO2. The van der Waals surface area contributed by atoms with Gasteiger partial charge < -0.3 is 14.8 Å². The van der Waals surface area contributed by atoms with Gasteiger partial charge in [-0.05, 0) is 31.9 Å². The molecule has 3 nitrogen and oxygen atoms in total. The van der Waals surface area contributed by atoms with Crippen LogP contribution in [0.4, 0.5) is 5.69 Å². The molecule has 0 saturated carbocycles. The van der Waals surface area contributed by atoms with Crippen molar-refractivity contribution in [3.8, 4) is 5.75 Å². The molecule has 0 spiro atoms. The maximum atomic E-state index is 5.81. The molecule has 1 rings (SSSR count). The van der Waals surface area contributed by atoms with Crippen LogP contribution in [0.2, 0.25) is 0 Å². The van der Waals surface area contributed by atoms with Crippen molar-refractivity contribution in [2.45, 2.75) is 39.8 Å². The van der Waals surface area contributed by atoms with Crippen molar-refractivity contribution in [2.75, 3.05) is 19.0 Å². The molecule has 0 aromatic heterocycles. The highest BCUT2D eigenvalue weighted by Gasteiger charge is 2.13. The Labute approximate surface area is 110 Å². The van der Waals surface area contributed by atoms with E-state index >= 15 is 0 Å². The minimum absolute atomic E-state index is 0.156. The SMILES string of the molecule is COC(C)C(C)Nc1ccccc1OCC(C)C. The van der Waals surface area contributed by atoms with Crippen LogP contribution >= 0.6 is 0 Å². The molecule has 18 heavy (non-hydrogen) atoms. The van der Waals surface area contributed by atoms with Crippen molar-refractivity contribution in [1.82, 2.24) is 0 Å². The van der Waals surface area contributed by atoms with Crippen LogP contribution < -0.4 is 10.1 Å². The lowest BCUT2D eigenvalue weighted by atomic mass is 10.2. The van der Waals surface area contributed by atoms with E-state index in [9.17, 15) is 0 Å². The highest BCUT2D eigenvalue weighted by molar-refractivity contribution is 5.56. The molecule has 2 unspecified atom stereocenters. The monoisotopic (exact) mass is 251 g/mol. The second kappa shape index (κ2) is 7.27. The zero-order valence-corrected chi connectivity index (χ0v) is 12.1. The lowest BCUT2D eigenvalue weighted by Crippen LogP contribution is -2.29. The number of methoxy groups -OCH3 is 1. The largest absolute Gasteiger partial charge is 0.491 e. The summed E-state index contributed by atoms with van der Waals surface area (Å²) in [4.78, 5) is 0. The summed E-state index contributed by atoms with van der Waals surface area (Å²) in [7, 11) is 1.73. The Balaban J connectivity index is 2.69. The predicted molar refractivity (Wildman–Crippen MR) is 76.3 cm³/mol. The summed E-state index contributed by atoms with van der Waals surface area (Å²) >= 11 is 0. The molecule has 1 aromatic carbocycles. The fourth-order valence-electron chi connectivity index (χ4n) is 1.53. The third kappa shape index (κ3) is 4.57. The van der Waals surface area contributed by atoms with Crippen molar-refractivity contribution >= 4 is 5.69 Å². The Morgan fingerprint density at radius 2 is 1.78 bits per heavy atom. The number of nitrogens with one attached hydrogen (secondary N) is 1. The van der Waals surface area contributed by atoms with Gasteiger partial charge in [-0.15, -0.1) is 0 Å². The third-order valence-electron chi connectivity index (χ3n) is 2.92. The predicted octanol–water partition coefficient (Wildman–Crippen LogP) is 3.56. The first-order valence-electron chi connectivity index (χ1n) is 6.55. The maximum Gasteiger partial charge on any atom is 0.142 e. The van der Waals surface area contributed by atoms with Gasteiger partial charge in [0.25, 0.3) is 0 Å². The summed E-state index contributed by atoms with van der Waals surface area (Å²) in [6, 6.07) is 8.27. The molecule has 3 heteroatoms. The second-order valence-corrected chi connectivity index (χ2v) is 5.07. The molecule has 0 bridgehead atoms. The van der Waals surface area contributed by atoms with Crippen LogP contribution in [-0.4, -0.2) is 25.9 Å². The summed E-state index contributed by atoms with van der Waals surface area (Å²) in [5, 5.41) is 3.43. The van der Waals surface area contributed by atoms with E-state index in [0.717, 1.165) is 18.0 Å². The summed E-state index contributed by atoms with van der Waals surface area (Å²) in [5.41, 5.74) is 1.02. The van der Waals surface area contributed by atoms with Crippen molar-refractivity contribution < 1.29 is 9.47 Å². The zero-order chi connectivity index (χ0) is 13.5. The van der Waals surface area contributed by atoms with E-state index in [1.54, 1.807) is 7.11 Å². The van der Waals surface area contributed by atoms with Crippen LogP contribution in [0.1, 0.15) is 27.7 Å². The fraction of sp³-hybridized carbons (Fsp3) is 0.600. The molecule has 1 aromatic rings. The first-order valence-corrected chi connectivity index (χ1v) is 6.55. The number of benzene rings is 1. The molecule has 102 valence electrons. The zero-order valence-electron chi connectivity index (χ0n) is 12.1. The van der Waals surface area contributed by atoms with Crippen LogP contribution in [0.3, 0.4) is 0 Å². The molecular weight excluding hydrogens is 226 g/mol. The Kier molecular flexibility index (Phi) is 5.99. The molecule has 0 aliphatic rings. The van der Waals surface area contributed by atoms with Gasteiger partial charge in [0.2, 0.25) is 0 Å². The average Bonchev–Trinajstić information content (AvgIpc) is 2.36. The Hall–Kier alpha value is -1.22. The maximum absolute atomic E-state index is 5.81. The van der Waals surface area contributed by atoms with Gasteiger partial charge in [0.05, 0.1) is 18.4 Å². The Bertz CT molecular complexity index is 352. The number of hydrogen-bond acceptors (Lipinski definition) is 3. The number of anilines is 1. The van der Waals surface area contributed by atoms with Crippen LogP contribution in [0.25, 0.3) is 0 Å². The van der Waals surface area contributed by atoms with E-state index in [-0.39, 0.29) is 12.1 Å². The first-order chi connectivity index (χ1) is 8.54. The number of rotatable bonds is 7. The lowest BCUT2D eigenvalue weighted by molar-refractivity contribution is 0.106. The van der Waals surface area contributed by atoms with E-state index in [2.05, 4.69) is 33.0 Å². The molecule has 0 heterocycles. The van der Waals surface area contributed by atoms with Crippen molar-refractivity contribution in [3.63, 3.8) is 0 Å². The van der Waals surface area contributed by atoms with E-state index in [1.165, 1.54) is 0 Å². The molecule has 0 radical (unpaired) electrons. The van der Waals surface area contributed by atoms with E-state index in [4.69, 9.17) is 9.47 Å². The fourth-order valence-corrected chi connectivity index (χ4v) is 1.53. The number of hydrogen-bond donors (Lipinski definition) is 1. The minimum atomic E-state index is 0.156. The Morgan fingerprint density at radius 1 is 1.11 bits per heavy atom. The van der Waals surface area contributed by atoms with E-state index < -0.39 is 0 Å². The van der Waals surface area contributed by atoms with Gasteiger partial charge in [-0.25, -0.2) is 0 Å². The summed E-state index contributed by atoms with van der Waals surface area (Å²) in [6.07, 6.45) is 0.156. The molecule has 0 aliphatic carbocycles. The van der Waals surface area contributed by atoms with Crippen molar-refractivity contribution in [2.24, 2.45) is 5.92 Å². The number of para-hydroxylation sites is 2. The summed E-state index contributed by atoms with van der Waals surface area (Å²) in [6.45, 7) is 9.17. The molecule has 0 saturated heterocycles. The van der Waals surface area contributed by atoms with E-state index in [1.807, 2.05) is 24.3 Å². The van der Waals surface area contributed by atoms with Gasteiger partial charge in [-0.2, -0.15) is 0 Å². The van der Waals surface area contributed by atoms with Gasteiger partial charge in [0, 0.05) is 13.2 Å². The topological polar surface area (TPSA) is 30.5 Å². The third-order valence-corrected chi connectivity index (χ3v) is 2.92. The second-order valence-electron chi connectivity index (χ2n) is 5.07. The van der Waals surface area contributed by atoms with Gasteiger partial charge in [0.1, 0.15) is 5.75 Å². The van der Waals surface area contributed by atoms with Gasteiger partial charge >= 0.3 is 0 Å². The molecule has 0 amide bonds. The highest BCUT2D eigenvalue weighted by Crippen LogP contribution is 2.25. The lowest BCUT2D eigenvalue weighted by Gasteiger charge is -2.23. The smallest absolute Gasteiger partial charge is 0.142 e. The van der Waals surface area contributed by atoms with Crippen LogP contribution in [-0.2, 0) is 4.74 Å². The van der Waals surface area contributed by atoms with Crippen molar-refractivity contribution in [1.29, 1.82) is 0 Å². The average molecular weight is 251 g/mol. The molecule has 0 aliphatic heterocycles. The standard InChI is InChI=1S/C15H25NO2/c1-11(2)10-18-15-9-7-6-8-14(15)16-12(3)13(4)17-5/h6-9,11-13,16H,10H2,1-5H3. The minimum Gasteiger partial charge on any atom is -0.491 e. The van der Waals surface area contributed by atoms with Crippen LogP contribution in [0.5, 0.6) is 5.75 Å². The summed E-state index contributed by atoms with van der Waals surface area (Å²) in [5.74, 6) is 1.43. The van der Waals surface area contributed by atoms with Crippen LogP contribution in [0, 0.1) is 5.92 Å². The normalized spacial score (nSPS) is 14.3. The Morgan fingerprint density at radius 3 is 2.39 bits per heavy atom. The summed E-state index contributed by atoms with van der Waals surface area (Å²) < 4.78 is 11.1. The van der Waals surface area contributed by atoms with Gasteiger partial charge in [0.15, 0.2) is 0 Å². The molecule has 0 fully saturated rings. The number of ether oxygens (including phenoxy) is 2. The van der Waals surface area contributed by atoms with Gasteiger partial charge in [-0.1, -0.05) is 26.0 Å². The molecule has 1 N–H and O–H groups in total. The van der Waals surface area contributed by atoms with Crippen molar-refractivity contribution in [3.05, 3.63) is 24.3 Å². The van der Waals surface area contributed by atoms with Gasteiger partial charge in [-0.3, -0.25) is 0 Å². The van der Waals surface area contributed by atoms with E-state index in [0.29, 0.717) is 5.92 Å².